The van der Waals surface area contributed by atoms with Gasteiger partial charge in [0.05, 0.1) is 0 Å². The molecule has 1 aromatic heterocycles. The third-order valence-corrected chi connectivity index (χ3v) is 3.49. The molecule has 0 radical (unpaired) electrons. The summed E-state index contributed by atoms with van der Waals surface area (Å²) in [7, 11) is 0. The number of halogens is 2. The Morgan fingerprint density at radius 2 is 2.33 bits per heavy atom. The maximum atomic E-state index is 13.2. The maximum Gasteiger partial charge on any atom is 0.248 e. The molecule has 1 aromatic rings. The van der Waals surface area contributed by atoms with E-state index >= 15 is 0 Å². The van der Waals surface area contributed by atoms with Crippen LogP contribution in [0.3, 0.4) is 0 Å². The first kappa shape index (κ1) is 13.4. The summed E-state index contributed by atoms with van der Waals surface area (Å²) in [6, 6.07) is 3.94. The van der Waals surface area contributed by atoms with E-state index in [-0.39, 0.29) is 18.8 Å². The largest absolute Gasteiger partial charge is 0.316 e. The van der Waals surface area contributed by atoms with E-state index < -0.39 is 5.92 Å². The fourth-order valence-electron chi connectivity index (χ4n) is 2.53. The molecule has 0 aromatic carbocycles. The second kappa shape index (κ2) is 6.23. The lowest BCUT2D eigenvalue weighted by Crippen LogP contribution is -2.33. The molecule has 0 amide bonds. The van der Waals surface area contributed by atoms with Crippen LogP contribution in [0.1, 0.15) is 31.2 Å². The second-order valence-corrected chi connectivity index (χ2v) is 5.13. The normalized spacial score (nSPS) is 22.9. The van der Waals surface area contributed by atoms with Gasteiger partial charge < -0.3 is 5.32 Å². The molecule has 2 rings (SSSR count). The van der Waals surface area contributed by atoms with Crippen LogP contribution in [0.25, 0.3) is 0 Å². The van der Waals surface area contributed by atoms with Crippen LogP contribution in [0.4, 0.5) is 8.78 Å². The van der Waals surface area contributed by atoms with Crippen LogP contribution < -0.4 is 5.32 Å². The minimum Gasteiger partial charge on any atom is -0.316 e. The van der Waals surface area contributed by atoms with Crippen LogP contribution in [-0.2, 0) is 6.42 Å². The van der Waals surface area contributed by atoms with Crippen LogP contribution in [-0.4, -0.2) is 24.0 Å². The fraction of sp³-hybridized carbons (Fsp3) is 0.643. The number of hydrogen-bond donors (Lipinski definition) is 1. The van der Waals surface area contributed by atoms with Gasteiger partial charge in [0.2, 0.25) is 5.92 Å². The van der Waals surface area contributed by atoms with Crippen LogP contribution in [0.5, 0.6) is 0 Å². The Hall–Kier alpha value is -1.03. The minimum atomic E-state index is -2.44. The van der Waals surface area contributed by atoms with E-state index in [1.165, 1.54) is 5.56 Å². The number of rotatable bonds is 5. The SMILES string of the molecule is FC1(F)CCCC(CNCCc2cccnc2)C1. The van der Waals surface area contributed by atoms with Crippen LogP contribution in [0.15, 0.2) is 24.5 Å². The first-order valence-corrected chi connectivity index (χ1v) is 6.63. The zero-order valence-electron chi connectivity index (χ0n) is 10.5. The van der Waals surface area contributed by atoms with Crippen molar-refractivity contribution in [1.29, 1.82) is 0 Å². The molecule has 1 aliphatic carbocycles. The number of pyridine rings is 1. The number of nitrogens with one attached hydrogen (secondary N) is 1. The zero-order valence-corrected chi connectivity index (χ0v) is 10.5. The molecule has 4 heteroatoms. The quantitative estimate of drug-likeness (QED) is 0.817. The summed E-state index contributed by atoms with van der Waals surface area (Å²) in [5.74, 6) is -2.31. The number of hydrogen-bond acceptors (Lipinski definition) is 2. The number of alkyl halides is 2. The van der Waals surface area contributed by atoms with Gasteiger partial charge in [-0.2, -0.15) is 0 Å². The summed E-state index contributed by atoms with van der Waals surface area (Å²) >= 11 is 0. The van der Waals surface area contributed by atoms with Gasteiger partial charge in [0.25, 0.3) is 0 Å². The smallest absolute Gasteiger partial charge is 0.248 e. The fourth-order valence-corrected chi connectivity index (χ4v) is 2.53. The molecular formula is C14H20F2N2. The zero-order chi connectivity index (χ0) is 12.8. The van der Waals surface area contributed by atoms with E-state index in [2.05, 4.69) is 10.3 Å². The van der Waals surface area contributed by atoms with Crippen molar-refractivity contribution in [3.05, 3.63) is 30.1 Å². The van der Waals surface area contributed by atoms with E-state index in [0.717, 1.165) is 19.4 Å². The summed E-state index contributed by atoms with van der Waals surface area (Å²) < 4.78 is 26.4. The third kappa shape index (κ3) is 4.33. The van der Waals surface area contributed by atoms with Crippen LogP contribution in [0, 0.1) is 5.92 Å². The van der Waals surface area contributed by atoms with Crippen molar-refractivity contribution in [2.24, 2.45) is 5.92 Å². The van der Waals surface area contributed by atoms with Gasteiger partial charge >= 0.3 is 0 Å². The van der Waals surface area contributed by atoms with Gasteiger partial charge in [-0.25, -0.2) is 8.78 Å². The molecule has 0 saturated heterocycles. The van der Waals surface area contributed by atoms with Gasteiger partial charge in [-0.15, -0.1) is 0 Å². The Bertz CT molecular complexity index is 354. The Balaban J connectivity index is 1.64. The molecule has 1 N–H and O–H groups in total. The number of aromatic nitrogens is 1. The van der Waals surface area contributed by atoms with Gasteiger partial charge in [-0.3, -0.25) is 4.98 Å². The Kier molecular flexibility index (Phi) is 4.64. The third-order valence-electron chi connectivity index (χ3n) is 3.49. The highest BCUT2D eigenvalue weighted by Gasteiger charge is 2.35. The molecule has 0 aliphatic heterocycles. The summed E-state index contributed by atoms with van der Waals surface area (Å²) in [5, 5.41) is 3.28. The highest BCUT2D eigenvalue weighted by atomic mass is 19.3. The Morgan fingerprint density at radius 3 is 3.06 bits per heavy atom. The second-order valence-electron chi connectivity index (χ2n) is 5.13. The molecule has 18 heavy (non-hydrogen) atoms. The lowest BCUT2D eigenvalue weighted by atomic mass is 9.86. The Morgan fingerprint density at radius 1 is 1.44 bits per heavy atom. The molecule has 1 unspecified atom stereocenters. The maximum absolute atomic E-state index is 13.2. The van der Waals surface area contributed by atoms with Crippen LogP contribution in [0.2, 0.25) is 0 Å². The van der Waals surface area contributed by atoms with Crippen molar-refractivity contribution in [3.8, 4) is 0 Å². The Labute approximate surface area is 107 Å². The molecule has 1 heterocycles. The van der Waals surface area contributed by atoms with E-state index in [9.17, 15) is 8.78 Å². The summed E-state index contributed by atoms with van der Waals surface area (Å²) in [5.41, 5.74) is 1.18. The first-order chi connectivity index (χ1) is 8.66. The van der Waals surface area contributed by atoms with E-state index in [1.54, 1.807) is 6.20 Å². The van der Waals surface area contributed by atoms with Gasteiger partial charge in [0.1, 0.15) is 0 Å². The van der Waals surface area contributed by atoms with Crippen molar-refractivity contribution in [2.45, 2.75) is 38.0 Å². The molecule has 1 atom stereocenters. The monoisotopic (exact) mass is 254 g/mol. The van der Waals surface area contributed by atoms with Crippen LogP contribution >= 0.6 is 0 Å². The number of nitrogens with zero attached hydrogens (tertiary/aromatic N) is 1. The highest BCUT2D eigenvalue weighted by Crippen LogP contribution is 2.36. The lowest BCUT2D eigenvalue weighted by Gasteiger charge is -2.29. The molecule has 0 bridgehead atoms. The molecule has 0 spiro atoms. The van der Waals surface area contributed by atoms with E-state index in [4.69, 9.17) is 0 Å². The summed E-state index contributed by atoms with van der Waals surface area (Å²) in [6.07, 6.45) is 6.19. The molecule has 1 aliphatic rings. The molecule has 2 nitrogen and oxygen atoms in total. The minimum absolute atomic E-state index is 0.0485. The van der Waals surface area contributed by atoms with Crippen molar-refractivity contribution < 1.29 is 8.78 Å². The molecule has 100 valence electrons. The topological polar surface area (TPSA) is 24.9 Å². The average Bonchev–Trinajstić information content (AvgIpc) is 2.35. The predicted octanol–water partition coefficient (Wildman–Crippen LogP) is 3.04. The lowest BCUT2D eigenvalue weighted by molar-refractivity contribution is -0.0519. The van der Waals surface area contributed by atoms with E-state index in [0.29, 0.717) is 13.0 Å². The first-order valence-electron chi connectivity index (χ1n) is 6.63. The molecule has 1 fully saturated rings. The highest BCUT2D eigenvalue weighted by molar-refractivity contribution is 5.08. The standard InChI is InChI=1S/C14H20F2N2/c15-14(16)6-1-3-13(9-14)11-18-8-5-12-4-2-7-17-10-12/h2,4,7,10,13,18H,1,3,5-6,8-9,11H2. The van der Waals surface area contributed by atoms with Crippen molar-refractivity contribution in [1.82, 2.24) is 10.3 Å². The van der Waals surface area contributed by atoms with Gasteiger partial charge in [-0.1, -0.05) is 6.07 Å². The van der Waals surface area contributed by atoms with E-state index in [1.807, 2.05) is 18.3 Å². The van der Waals surface area contributed by atoms with Gasteiger partial charge in [0.15, 0.2) is 0 Å². The molecular weight excluding hydrogens is 234 g/mol. The summed E-state index contributed by atoms with van der Waals surface area (Å²) in [4.78, 5) is 4.05. The van der Waals surface area contributed by atoms with Gasteiger partial charge in [-0.05, 0) is 49.9 Å². The van der Waals surface area contributed by atoms with Gasteiger partial charge in [0, 0.05) is 25.2 Å². The average molecular weight is 254 g/mol. The predicted molar refractivity (Wildman–Crippen MR) is 67.7 cm³/mol. The van der Waals surface area contributed by atoms with Crippen molar-refractivity contribution in [2.75, 3.05) is 13.1 Å². The van der Waals surface area contributed by atoms with Crippen molar-refractivity contribution >= 4 is 0 Å². The van der Waals surface area contributed by atoms with Crippen molar-refractivity contribution in [3.63, 3.8) is 0 Å². The summed E-state index contributed by atoms with van der Waals surface area (Å²) in [6.45, 7) is 1.53. The molecule has 1 saturated carbocycles.